The normalized spacial score (nSPS) is 31.6. The van der Waals surface area contributed by atoms with Gasteiger partial charge in [-0.2, -0.15) is 0 Å². The van der Waals surface area contributed by atoms with E-state index in [2.05, 4.69) is 6.58 Å². The minimum atomic E-state index is -0.651. The Morgan fingerprint density at radius 1 is 1.89 bits per heavy atom. The summed E-state index contributed by atoms with van der Waals surface area (Å²) in [5.74, 6) is -0.329. The second-order valence-electron chi connectivity index (χ2n) is 2.46. The van der Waals surface area contributed by atoms with E-state index in [1.807, 2.05) is 0 Å². The molecule has 1 unspecified atom stereocenters. The van der Waals surface area contributed by atoms with Gasteiger partial charge in [-0.05, 0) is 18.8 Å². The van der Waals surface area contributed by atoms with Crippen molar-refractivity contribution in [3.63, 3.8) is 0 Å². The van der Waals surface area contributed by atoms with Crippen LogP contribution in [-0.2, 0) is 4.79 Å². The van der Waals surface area contributed by atoms with E-state index in [9.17, 15) is 4.79 Å². The maximum Gasteiger partial charge on any atom is 0.306 e. The van der Waals surface area contributed by atoms with Crippen molar-refractivity contribution in [2.24, 2.45) is 11.8 Å². The molecule has 2 nitrogen and oxygen atoms in total. The minimum absolute atomic E-state index is 0.0667. The molecule has 1 fully saturated rings. The molecule has 2 atom stereocenters. The maximum absolute atomic E-state index is 10.2. The molecule has 0 saturated heterocycles. The summed E-state index contributed by atoms with van der Waals surface area (Å²) in [4.78, 5) is 10.2. The Balaban J connectivity index is 2.24. The Morgan fingerprint density at radius 2 is 2.56 bits per heavy atom. The van der Waals surface area contributed by atoms with Crippen molar-refractivity contribution in [3.8, 4) is 0 Å². The lowest BCUT2D eigenvalue weighted by molar-refractivity contribution is -0.138. The van der Waals surface area contributed by atoms with Crippen LogP contribution in [0.3, 0.4) is 0 Å². The fourth-order valence-electron chi connectivity index (χ4n) is 1.02. The van der Waals surface area contributed by atoms with E-state index >= 15 is 0 Å². The molecule has 2 heteroatoms. The van der Waals surface area contributed by atoms with Gasteiger partial charge in [0, 0.05) is 0 Å². The Morgan fingerprint density at radius 3 is 2.89 bits per heavy atom. The van der Waals surface area contributed by atoms with Crippen LogP contribution in [0, 0.1) is 11.8 Å². The Bertz CT molecular complexity index is 140. The molecule has 0 heterocycles. The number of hydrogen-bond acceptors (Lipinski definition) is 1. The molecular weight excluding hydrogens is 116 g/mol. The summed E-state index contributed by atoms with van der Waals surface area (Å²) in [5.41, 5.74) is 0. The largest absolute Gasteiger partial charge is 0.481 e. The standard InChI is InChI=1S/C7H10O2/c1-2-3-5-4-6(5)7(8)9/h2,5-6H,1,3-4H2,(H,8,9)/t5?,6-/m1/s1. The molecule has 0 aliphatic heterocycles. The van der Waals surface area contributed by atoms with E-state index in [-0.39, 0.29) is 5.92 Å². The number of hydrogen-bond donors (Lipinski definition) is 1. The highest BCUT2D eigenvalue weighted by atomic mass is 16.4. The summed E-state index contributed by atoms with van der Waals surface area (Å²) in [7, 11) is 0. The van der Waals surface area contributed by atoms with Gasteiger partial charge in [0.1, 0.15) is 0 Å². The van der Waals surface area contributed by atoms with Crippen LogP contribution in [-0.4, -0.2) is 11.1 Å². The van der Waals surface area contributed by atoms with Gasteiger partial charge in [-0.1, -0.05) is 6.08 Å². The number of aliphatic carboxylic acids is 1. The zero-order chi connectivity index (χ0) is 6.85. The van der Waals surface area contributed by atoms with Crippen molar-refractivity contribution < 1.29 is 9.90 Å². The van der Waals surface area contributed by atoms with Gasteiger partial charge in [0.15, 0.2) is 0 Å². The van der Waals surface area contributed by atoms with E-state index in [0.717, 1.165) is 12.8 Å². The van der Waals surface area contributed by atoms with E-state index in [1.165, 1.54) is 0 Å². The average Bonchev–Trinajstić information content (AvgIpc) is 2.47. The van der Waals surface area contributed by atoms with Crippen LogP contribution >= 0.6 is 0 Å². The predicted octanol–water partition coefficient (Wildman–Crippen LogP) is 1.28. The average molecular weight is 126 g/mol. The molecule has 1 aliphatic carbocycles. The zero-order valence-electron chi connectivity index (χ0n) is 5.21. The Hall–Kier alpha value is -0.790. The van der Waals surface area contributed by atoms with E-state index in [0.29, 0.717) is 5.92 Å². The summed E-state index contributed by atoms with van der Waals surface area (Å²) < 4.78 is 0. The fourth-order valence-corrected chi connectivity index (χ4v) is 1.02. The first-order valence-corrected chi connectivity index (χ1v) is 3.09. The quantitative estimate of drug-likeness (QED) is 0.578. The van der Waals surface area contributed by atoms with Crippen molar-refractivity contribution >= 4 is 5.97 Å². The number of carbonyl (C=O) groups is 1. The van der Waals surface area contributed by atoms with Gasteiger partial charge in [0.2, 0.25) is 0 Å². The van der Waals surface area contributed by atoms with Gasteiger partial charge in [0.05, 0.1) is 5.92 Å². The monoisotopic (exact) mass is 126 g/mol. The summed E-state index contributed by atoms with van der Waals surface area (Å²) in [6.07, 6.45) is 3.49. The molecule has 0 spiro atoms. The molecule has 0 aromatic carbocycles. The van der Waals surface area contributed by atoms with Crippen LogP contribution < -0.4 is 0 Å². The Kier molecular flexibility index (Phi) is 1.56. The first kappa shape index (κ1) is 6.33. The van der Waals surface area contributed by atoms with Gasteiger partial charge in [-0.25, -0.2) is 0 Å². The topological polar surface area (TPSA) is 37.3 Å². The lowest BCUT2D eigenvalue weighted by Crippen LogP contribution is -1.98. The smallest absolute Gasteiger partial charge is 0.306 e. The van der Waals surface area contributed by atoms with Crippen LogP contribution in [0.4, 0.5) is 0 Å². The van der Waals surface area contributed by atoms with Crippen LogP contribution in [0.1, 0.15) is 12.8 Å². The molecule has 0 radical (unpaired) electrons. The molecule has 1 aliphatic rings. The van der Waals surface area contributed by atoms with Gasteiger partial charge in [0.25, 0.3) is 0 Å². The molecule has 0 bridgehead atoms. The zero-order valence-corrected chi connectivity index (χ0v) is 5.21. The van der Waals surface area contributed by atoms with Crippen molar-refractivity contribution in [2.45, 2.75) is 12.8 Å². The molecular formula is C7H10O2. The van der Waals surface area contributed by atoms with Crippen LogP contribution in [0.5, 0.6) is 0 Å². The van der Waals surface area contributed by atoms with E-state index in [1.54, 1.807) is 6.08 Å². The highest BCUT2D eigenvalue weighted by Crippen LogP contribution is 2.41. The first-order valence-electron chi connectivity index (χ1n) is 3.09. The Labute approximate surface area is 54.2 Å². The number of rotatable bonds is 3. The summed E-state index contributed by atoms with van der Waals surface area (Å²) in [5, 5.41) is 8.42. The summed E-state index contributed by atoms with van der Waals surface area (Å²) in [6, 6.07) is 0. The SMILES string of the molecule is C=CCC1C[C@H]1C(=O)O. The third kappa shape index (κ3) is 1.31. The third-order valence-corrected chi connectivity index (χ3v) is 1.71. The molecule has 1 rings (SSSR count). The highest BCUT2D eigenvalue weighted by molar-refractivity contribution is 5.73. The summed E-state index contributed by atoms with van der Waals surface area (Å²) >= 11 is 0. The molecule has 0 aromatic heterocycles. The molecule has 1 N–H and O–H groups in total. The maximum atomic E-state index is 10.2. The number of carboxylic acids is 1. The van der Waals surface area contributed by atoms with E-state index in [4.69, 9.17) is 5.11 Å². The van der Waals surface area contributed by atoms with Crippen LogP contribution in [0.2, 0.25) is 0 Å². The summed E-state index contributed by atoms with van der Waals surface area (Å²) in [6.45, 7) is 3.54. The molecule has 50 valence electrons. The van der Waals surface area contributed by atoms with E-state index < -0.39 is 5.97 Å². The van der Waals surface area contributed by atoms with Crippen molar-refractivity contribution in [3.05, 3.63) is 12.7 Å². The molecule has 9 heavy (non-hydrogen) atoms. The first-order chi connectivity index (χ1) is 4.25. The third-order valence-electron chi connectivity index (χ3n) is 1.71. The van der Waals surface area contributed by atoms with Gasteiger partial charge in [-0.3, -0.25) is 4.79 Å². The number of allylic oxidation sites excluding steroid dienone is 1. The second-order valence-corrected chi connectivity index (χ2v) is 2.46. The van der Waals surface area contributed by atoms with Crippen LogP contribution in [0.15, 0.2) is 12.7 Å². The molecule has 0 amide bonds. The minimum Gasteiger partial charge on any atom is -0.481 e. The van der Waals surface area contributed by atoms with Gasteiger partial charge >= 0.3 is 5.97 Å². The van der Waals surface area contributed by atoms with Gasteiger partial charge in [-0.15, -0.1) is 6.58 Å². The van der Waals surface area contributed by atoms with Crippen molar-refractivity contribution in [1.29, 1.82) is 0 Å². The van der Waals surface area contributed by atoms with Crippen LogP contribution in [0.25, 0.3) is 0 Å². The lowest BCUT2D eigenvalue weighted by Gasteiger charge is -1.86. The number of carboxylic acid groups (broad SMARTS) is 1. The van der Waals surface area contributed by atoms with Crippen molar-refractivity contribution in [2.75, 3.05) is 0 Å². The highest BCUT2D eigenvalue weighted by Gasteiger charge is 2.41. The fraction of sp³-hybridized carbons (Fsp3) is 0.571. The lowest BCUT2D eigenvalue weighted by atomic mass is 10.2. The second kappa shape index (κ2) is 2.21. The predicted molar refractivity (Wildman–Crippen MR) is 34.0 cm³/mol. The molecule has 1 saturated carbocycles. The molecule has 0 aromatic rings. The van der Waals surface area contributed by atoms with Crippen molar-refractivity contribution in [1.82, 2.24) is 0 Å². The van der Waals surface area contributed by atoms with Gasteiger partial charge < -0.3 is 5.11 Å².